The number of hydrogen-bond acceptors (Lipinski definition) is 2. The van der Waals surface area contributed by atoms with Gasteiger partial charge in [-0.15, -0.1) is 0 Å². The van der Waals surface area contributed by atoms with E-state index in [2.05, 4.69) is 22.0 Å². The van der Waals surface area contributed by atoms with Gasteiger partial charge in [-0.05, 0) is 43.2 Å². The van der Waals surface area contributed by atoms with Gasteiger partial charge >= 0.3 is 0 Å². The minimum Gasteiger partial charge on any atom is -0.396 e. The van der Waals surface area contributed by atoms with Gasteiger partial charge in [-0.25, -0.2) is 0 Å². The lowest BCUT2D eigenvalue weighted by Gasteiger charge is -2.32. The van der Waals surface area contributed by atoms with Crippen LogP contribution in [0.3, 0.4) is 0 Å². The molecule has 1 fully saturated rings. The summed E-state index contributed by atoms with van der Waals surface area (Å²) in [5, 5.41) is 9.20. The zero-order valence-electron chi connectivity index (χ0n) is 11.7. The van der Waals surface area contributed by atoms with E-state index in [0.29, 0.717) is 6.42 Å². The maximum atomic E-state index is 12.2. The van der Waals surface area contributed by atoms with E-state index in [-0.39, 0.29) is 18.4 Å². The first kappa shape index (κ1) is 15.5. The van der Waals surface area contributed by atoms with Gasteiger partial charge in [-0.2, -0.15) is 0 Å². The number of aliphatic hydroxyl groups is 1. The summed E-state index contributed by atoms with van der Waals surface area (Å²) in [4.78, 5) is 14.1. The highest BCUT2D eigenvalue weighted by molar-refractivity contribution is 9.10. The largest absolute Gasteiger partial charge is 0.396 e. The first-order chi connectivity index (χ1) is 9.70. The summed E-state index contributed by atoms with van der Waals surface area (Å²) < 4.78 is 1.12. The number of piperidine rings is 1. The fourth-order valence-corrected chi connectivity index (χ4v) is 3.21. The van der Waals surface area contributed by atoms with Gasteiger partial charge in [0.15, 0.2) is 0 Å². The fraction of sp³-hybridized carbons (Fsp3) is 0.562. The van der Waals surface area contributed by atoms with Crippen molar-refractivity contribution in [1.82, 2.24) is 4.90 Å². The highest BCUT2D eigenvalue weighted by atomic mass is 79.9. The minimum absolute atomic E-state index is 0.195. The van der Waals surface area contributed by atoms with Crippen LogP contribution in [0.1, 0.15) is 31.2 Å². The zero-order valence-corrected chi connectivity index (χ0v) is 13.3. The number of likely N-dealkylation sites (tertiary alicyclic amines) is 1. The van der Waals surface area contributed by atoms with Crippen LogP contribution in [0.25, 0.3) is 0 Å². The third-order valence-corrected chi connectivity index (χ3v) is 4.70. The number of aliphatic hydroxyl groups excluding tert-OH is 1. The predicted octanol–water partition coefficient (Wildman–Crippen LogP) is 3.00. The second-order valence-electron chi connectivity index (χ2n) is 5.48. The molecule has 1 aromatic carbocycles. The average Bonchev–Trinajstić information content (AvgIpc) is 2.49. The lowest BCUT2D eigenvalue weighted by Crippen LogP contribution is -2.40. The van der Waals surface area contributed by atoms with E-state index in [1.807, 2.05) is 23.1 Å². The van der Waals surface area contributed by atoms with Crippen molar-refractivity contribution in [2.45, 2.75) is 32.1 Å². The summed E-state index contributed by atoms with van der Waals surface area (Å²) in [7, 11) is 0. The van der Waals surface area contributed by atoms with Crippen molar-refractivity contribution in [1.29, 1.82) is 0 Å². The Kier molecular flexibility index (Phi) is 6.05. The summed E-state index contributed by atoms with van der Waals surface area (Å²) in [5.41, 5.74) is 1.26. The molecular formula is C16H22BrNO2. The second kappa shape index (κ2) is 7.79. The molecule has 3 nitrogen and oxygen atoms in total. The highest BCUT2D eigenvalue weighted by Crippen LogP contribution is 2.20. The molecule has 20 heavy (non-hydrogen) atoms. The third-order valence-electron chi connectivity index (χ3n) is 3.92. The summed E-state index contributed by atoms with van der Waals surface area (Å²) in [6.45, 7) is 1.77. The standard InChI is InChI=1S/C16H22BrNO2/c17-15-8-2-1-6-14(15)7-3-9-16(20)18-10-4-5-13(11-18)12-19/h1-2,6,8,13,19H,3-5,7,9-12H2. The number of benzene rings is 1. The molecule has 1 aromatic rings. The molecule has 0 aliphatic carbocycles. The first-order valence-corrected chi connectivity index (χ1v) is 8.12. The van der Waals surface area contributed by atoms with Crippen LogP contribution in [-0.2, 0) is 11.2 Å². The molecule has 4 heteroatoms. The molecule has 1 unspecified atom stereocenters. The van der Waals surface area contributed by atoms with Crippen LogP contribution in [0.2, 0.25) is 0 Å². The second-order valence-corrected chi connectivity index (χ2v) is 6.33. The maximum Gasteiger partial charge on any atom is 0.222 e. The van der Waals surface area contributed by atoms with Crippen LogP contribution >= 0.6 is 15.9 Å². The highest BCUT2D eigenvalue weighted by Gasteiger charge is 2.22. The number of amides is 1. The molecule has 0 aromatic heterocycles. The number of hydrogen-bond donors (Lipinski definition) is 1. The smallest absolute Gasteiger partial charge is 0.222 e. The van der Waals surface area contributed by atoms with Gasteiger partial charge in [0.05, 0.1) is 0 Å². The summed E-state index contributed by atoms with van der Waals surface area (Å²) in [6.07, 6.45) is 4.45. The van der Waals surface area contributed by atoms with Crippen LogP contribution in [0.15, 0.2) is 28.7 Å². The number of carbonyl (C=O) groups is 1. The Morgan fingerprint density at radius 3 is 2.95 bits per heavy atom. The van der Waals surface area contributed by atoms with Gasteiger partial charge in [0.1, 0.15) is 0 Å². The fourth-order valence-electron chi connectivity index (χ4n) is 2.73. The lowest BCUT2D eigenvalue weighted by atomic mass is 9.98. The molecule has 0 saturated carbocycles. The SMILES string of the molecule is O=C(CCCc1ccccc1Br)N1CCCC(CO)C1. The van der Waals surface area contributed by atoms with Gasteiger partial charge in [-0.3, -0.25) is 4.79 Å². The Bertz CT molecular complexity index is 450. The van der Waals surface area contributed by atoms with E-state index in [9.17, 15) is 9.90 Å². The van der Waals surface area contributed by atoms with Crippen LogP contribution in [0, 0.1) is 5.92 Å². The Labute approximate surface area is 129 Å². The predicted molar refractivity (Wildman–Crippen MR) is 83.5 cm³/mol. The maximum absolute atomic E-state index is 12.2. The lowest BCUT2D eigenvalue weighted by molar-refractivity contribution is -0.133. The molecule has 1 amide bonds. The van der Waals surface area contributed by atoms with Crippen molar-refractivity contribution in [2.75, 3.05) is 19.7 Å². The van der Waals surface area contributed by atoms with Crippen molar-refractivity contribution in [3.63, 3.8) is 0 Å². The third kappa shape index (κ3) is 4.32. The van der Waals surface area contributed by atoms with E-state index in [1.54, 1.807) is 0 Å². The van der Waals surface area contributed by atoms with Crippen LogP contribution in [0.4, 0.5) is 0 Å². The average molecular weight is 340 g/mol. The van der Waals surface area contributed by atoms with Crippen molar-refractivity contribution in [2.24, 2.45) is 5.92 Å². The molecule has 1 aliphatic heterocycles. The monoisotopic (exact) mass is 339 g/mol. The molecule has 0 spiro atoms. The number of carbonyl (C=O) groups excluding carboxylic acids is 1. The van der Waals surface area contributed by atoms with Crippen LogP contribution in [-0.4, -0.2) is 35.6 Å². The van der Waals surface area contributed by atoms with Crippen molar-refractivity contribution in [3.05, 3.63) is 34.3 Å². The number of halogens is 1. The summed E-state index contributed by atoms with van der Waals surface area (Å²) >= 11 is 3.53. The molecule has 1 aliphatic rings. The van der Waals surface area contributed by atoms with Gasteiger partial charge in [0.2, 0.25) is 5.91 Å². The molecule has 1 N–H and O–H groups in total. The van der Waals surface area contributed by atoms with E-state index >= 15 is 0 Å². The summed E-state index contributed by atoms with van der Waals surface area (Å²) in [5.74, 6) is 0.506. The molecule has 1 atom stereocenters. The van der Waals surface area contributed by atoms with Crippen molar-refractivity contribution < 1.29 is 9.90 Å². The number of nitrogens with zero attached hydrogens (tertiary/aromatic N) is 1. The summed E-state index contributed by atoms with van der Waals surface area (Å²) in [6, 6.07) is 8.16. The van der Waals surface area contributed by atoms with E-state index < -0.39 is 0 Å². The Hall–Kier alpha value is -0.870. The normalized spacial score (nSPS) is 19.1. The van der Waals surface area contributed by atoms with Gasteiger partial charge in [0.25, 0.3) is 0 Å². The van der Waals surface area contributed by atoms with E-state index in [4.69, 9.17) is 0 Å². The molecule has 1 saturated heterocycles. The molecule has 0 radical (unpaired) electrons. The number of rotatable bonds is 5. The molecule has 110 valence electrons. The first-order valence-electron chi connectivity index (χ1n) is 7.32. The van der Waals surface area contributed by atoms with Crippen LogP contribution in [0.5, 0.6) is 0 Å². The van der Waals surface area contributed by atoms with Crippen molar-refractivity contribution in [3.8, 4) is 0 Å². The minimum atomic E-state index is 0.195. The Balaban J connectivity index is 1.76. The topological polar surface area (TPSA) is 40.5 Å². The van der Waals surface area contributed by atoms with Gasteiger partial charge in [0, 0.05) is 30.6 Å². The molecule has 1 heterocycles. The molecule has 2 rings (SSSR count). The van der Waals surface area contributed by atoms with Gasteiger partial charge in [-0.1, -0.05) is 34.1 Å². The van der Waals surface area contributed by atoms with Gasteiger partial charge < -0.3 is 10.0 Å². The van der Waals surface area contributed by atoms with Crippen LogP contribution < -0.4 is 0 Å². The number of aryl methyl sites for hydroxylation is 1. The van der Waals surface area contributed by atoms with Crippen molar-refractivity contribution >= 4 is 21.8 Å². The van der Waals surface area contributed by atoms with E-state index in [1.165, 1.54) is 5.56 Å². The molecular weight excluding hydrogens is 318 g/mol. The Morgan fingerprint density at radius 1 is 1.40 bits per heavy atom. The molecule has 0 bridgehead atoms. The quantitative estimate of drug-likeness (QED) is 0.895. The van der Waals surface area contributed by atoms with E-state index in [0.717, 1.165) is 43.2 Å². The Morgan fingerprint density at radius 2 is 2.20 bits per heavy atom. The zero-order chi connectivity index (χ0) is 14.4.